The van der Waals surface area contributed by atoms with Crippen molar-refractivity contribution < 1.29 is 9.53 Å². The molecule has 1 aromatic rings. The van der Waals surface area contributed by atoms with Crippen LogP contribution in [0, 0.1) is 0 Å². The normalized spacial score (nSPS) is 23.5. The summed E-state index contributed by atoms with van der Waals surface area (Å²) in [5.74, 6) is 0. The van der Waals surface area contributed by atoms with Crippen LogP contribution >= 0.6 is 0 Å². The second-order valence-electron chi connectivity index (χ2n) is 6.29. The first kappa shape index (κ1) is 14.8. The molecule has 1 fully saturated rings. The molecule has 0 radical (unpaired) electrons. The molecular weight excluding hydrogens is 254 g/mol. The molecule has 0 saturated carbocycles. The van der Waals surface area contributed by atoms with Crippen molar-refractivity contribution in [2.45, 2.75) is 45.4 Å². The van der Waals surface area contributed by atoms with E-state index in [0.717, 1.165) is 5.56 Å². The van der Waals surface area contributed by atoms with Gasteiger partial charge >= 0.3 is 6.09 Å². The fraction of sp³-hybridized carbons (Fsp3) is 0.600. The topological polar surface area (TPSA) is 54.5 Å². The molecule has 1 aromatic heterocycles. The third-order valence-corrected chi connectivity index (χ3v) is 3.12. The van der Waals surface area contributed by atoms with E-state index in [0.29, 0.717) is 13.1 Å². The number of hydrogen-bond donors (Lipinski definition) is 1. The first-order valence-electron chi connectivity index (χ1n) is 6.99. The zero-order valence-corrected chi connectivity index (χ0v) is 12.6. The number of rotatable bonds is 1. The lowest BCUT2D eigenvalue weighted by Crippen LogP contribution is -2.53. The highest BCUT2D eigenvalue weighted by Crippen LogP contribution is 2.20. The minimum absolute atomic E-state index is 0.0972. The summed E-state index contributed by atoms with van der Waals surface area (Å²) in [6, 6.07) is 4.26. The van der Waals surface area contributed by atoms with E-state index in [1.807, 2.05) is 39.1 Å². The Kier molecular flexibility index (Phi) is 4.28. The van der Waals surface area contributed by atoms with Gasteiger partial charge in [-0.1, -0.05) is 6.07 Å². The highest BCUT2D eigenvalue weighted by atomic mass is 16.6. The van der Waals surface area contributed by atoms with E-state index >= 15 is 0 Å². The molecule has 2 rings (SSSR count). The van der Waals surface area contributed by atoms with Crippen molar-refractivity contribution in [3.8, 4) is 0 Å². The van der Waals surface area contributed by atoms with Crippen molar-refractivity contribution >= 4 is 6.09 Å². The van der Waals surface area contributed by atoms with Crippen LogP contribution in [-0.2, 0) is 4.74 Å². The Bertz CT molecular complexity index is 456. The molecule has 0 unspecified atom stereocenters. The molecule has 0 aliphatic carbocycles. The van der Waals surface area contributed by atoms with Gasteiger partial charge in [0.1, 0.15) is 5.60 Å². The number of carbonyl (C=O) groups excluding carboxylic acids is 1. The van der Waals surface area contributed by atoms with E-state index in [9.17, 15) is 4.79 Å². The Morgan fingerprint density at radius 2 is 2.20 bits per heavy atom. The Labute approximate surface area is 120 Å². The summed E-state index contributed by atoms with van der Waals surface area (Å²) in [6.45, 7) is 8.98. The minimum Gasteiger partial charge on any atom is -0.444 e. The van der Waals surface area contributed by atoms with Crippen molar-refractivity contribution in [3.63, 3.8) is 0 Å². The predicted octanol–water partition coefficient (Wildman–Crippen LogP) is 2.35. The molecule has 0 aromatic carbocycles. The second-order valence-corrected chi connectivity index (χ2v) is 6.29. The number of carbonyl (C=O) groups is 1. The summed E-state index contributed by atoms with van der Waals surface area (Å²) in [7, 11) is 0. The molecule has 1 N–H and O–H groups in total. The van der Waals surface area contributed by atoms with E-state index in [-0.39, 0.29) is 18.2 Å². The van der Waals surface area contributed by atoms with Crippen LogP contribution in [0.25, 0.3) is 0 Å². The van der Waals surface area contributed by atoms with E-state index in [1.54, 1.807) is 11.1 Å². The van der Waals surface area contributed by atoms with Crippen molar-refractivity contribution in [1.82, 2.24) is 15.2 Å². The molecule has 1 aliphatic rings. The van der Waals surface area contributed by atoms with Gasteiger partial charge in [0.25, 0.3) is 0 Å². The van der Waals surface area contributed by atoms with Gasteiger partial charge in [-0.3, -0.25) is 4.98 Å². The number of hydrogen-bond acceptors (Lipinski definition) is 4. The highest BCUT2D eigenvalue weighted by Gasteiger charge is 2.30. The summed E-state index contributed by atoms with van der Waals surface area (Å²) >= 11 is 0. The second kappa shape index (κ2) is 5.79. The lowest BCUT2D eigenvalue weighted by Gasteiger charge is -2.38. The van der Waals surface area contributed by atoms with Gasteiger partial charge in [-0.2, -0.15) is 0 Å². The molecule has 110 valence electrons. The van der Waals surface area contributed by atoms with E-state index in [2.05, 4.69) is 17.2 Å². The molecule has 0 bridgehead atoms. The lowest BCUT2D eigenvalue weighted by atomic mass is 10.0. The van der Waals surface area contributed by atoms with Crippen molar-refractivity contribution in [1.29, 1.82) is 0 Å². The van der Waals surface area contributed by atoms with Crippen LogP contribution in [0.1, 0.15) is 39.3 Å². The van der Waals surface area contributed by atoms with E-state index < -0.39 is 5.60 Å². The van der Waals surface area contributed by atoms with Crippen molar-refractivity contribution in [3.05, 3.63) is 30.1 Å². The maximum atomic E-state index is 12.2. The van der Waals surface area contributed by atoms with Gasteiger partial charge in [0.15, 0.2) is 0 Å². The van der Waals surface area contributed by atoms with Crippen LogP contribution in [0.4, 0.5) is 4.79 Å². The third kappa shape index (κ3) is 3.93. The van der Waals surface area contributed by atoms with Crippen LogP contribution in [-0.4, -0.2) is 40.7 Å². The van der Waals surface area contributed by atoms with Crippen LogP contribution in [0.2, 0.25) is 0 Å². The average Bonchev–Trinajstić information content (AvgIpc) is 2.37. The Balaban J connectivity index is 2.07. The molecular formula is C15H23N3O2. The number of ether oxygens (including phenoxy) is 1. The quantitative estimate of drug-likeness (QED) is 0.856. The fourth-order valence-corrected chi connectivity index (χ4v) is 2.33. The molecule has 1 saturated heterocycles. The molecule has 2 atom stereocenters. The number of piperazine rings is 1. The standard InChI is InChI=1S/C15H23N3O2/c1-11-9-18(14(19)20-15(2,3)4)10-13(17-11)12-6-5-7-16-8-12/h5-8,11,13,17H,9-10H2,1-4H3/t11-,13-/m0/s1. The van der Waals surface area contributed by atoms with Crippen LogP contribution in [0.3, 0.4) is 0 Å². The number of nitrogens with one attached hydrogen (secondary N) is 1. The zero-order valence-electron chi connectivity index (χ0n) is 12.6. The van der Waals surface area contributed by atoms with E-state index in [4.69, 9.17) is 4.74 Å². The van der Waals surface area contributed by atoms with Gasteiger partial charge < -0.3 is 15.0 Å². The van der Waals surface area contributed by atoms with Crippen molar-refractivity contribution in [2.24, 2.45) is 0 Å². The van der Waals surface area contributed by atoms with Crippen molar-refractivity contribution in [2.75, 3.05) is 13.1 Å². The number of nitrogens with zero attached hydrogens (tertiary/aromatic N) is 2. The molecule has 1 amide bonds. The maximum Gasteiger partial charge on any atom is 0.410 e. The number of pyridine rings is 1. The smallest absolute Gasteiger partial charge is 0.410 e. The molecule has 2 heterocycles. The third-order valence-electron chi connectivity index (χ3n) is 3.12. The summed E-state index contributed by atoms with van der Waals surface area (Å²) in [5, 5.41) is 3.49. The molecule has 1 aliphatic heterocycles. The molecule has 20 heavy (non-hydrogen) atoms. The number of amides is 1. The van der Waals surface area contributed by atoms with E-state index in [1.165, 1.54) is 0 Å². The van der Waals surface area contributed by atoms with Crippen LogP contribution in [0.15, 0.2) is 24.5 Å². The summed E-state index contributed by atoms with van der Waals surface area (Å²) in [4.78, 5) is 18.1. The highest BCUT2D eigenvalue weighted by molar-refractivity contribution is 5.68. The summed E-state index contributed by atoms with van der Waals surface area (Å²) in [5.41, 5.74) is 0.627. The van der Waals surface area contributed by atoms with Gasteiger partial charge in [-0.25, -0.2) is 4.79 Å². The zero-order chi connectivity index (χ0) is 14.8. The Morgan fingerprint density at radius 3 is 2.80 bits per heavy atom. The molecule has 5 heteroatoms. The van der Waals surface area contributed by atoms with Crippen LogP contribution < -0.4 is 5.32 Å². The molecule has 5 nitrogen and oxygen atoms in total. The first-order valence-corrected chi connectivity index (χ1v) is 6.99. The Hall–Kier alpha value is -1.62. The predicted molar refractivity (Wildman–Crippen MR) is 77.4 cm³/mol. The van der Waals surface area contributed by atoms with Gasteiger partial charge in [0.05, 0.1) is 6.04 Å². The monoisotopic (exact) mass is 277 g/mol. The van der Waals surface area contributed by atoms with Gasteiger partial charge in [-0.05, 0) is 39.3 Å². The van der Waals surface area contributed by atoms with Gasteiger partial charge in [-0.15, -0.1) is 0 Å². The largest absolute Gasteiger partial charge is 0.444 e. The maximum absolute atomic E-state index is 12.2. The minimum atomic E-state index is -0.463. The fourth-order valence-electron chi connectivity index (χ4n) is 2.33. The van der Waals surface area contributed by atoms with Crippen LogP contribution in [0.5, 0.6) is 0 Å². The summed E-state index contributed by atoms with van der Waals surface area (Å²) < 4.78 is 5.45. The lowest BCUT2D eigenvalue weighted by molar-refractivity contribution is 0.0159. The molecule has 0 spiro atoms. The first-order chi connectivity index (χ1) is 9.35. The van der Waals surface area contributed by atoms with Gasteiger partial charge in [0.2, 0.25) is 0 Å². The average molecular weight is 277 g/mol. The number of aromatic nitrogens is 1. The Morgan fingerprint density at radius 1 is 1.45 bits per heavy atom. The van der Waals surface area contributed by atoms with Gasteiger partial charge in [0, 0.05) is 31.5 Å². The summed E-state index contributed by atoms with van der Waals surface area (Å²) in [6.07, 6.45) is 3.34. The SMILES string of the molecule is C[C@H]1CN(C(=O)OC(C)(C)C)C[C@@H](c2cccnc2)N1.